The van der Waals surface area contributed by atoms with Gasteiger partial charge in [-0.1, -0.05) is 13.0 Å². The molecule has 1 unspecified atom stereocenters. The molecule has 1 N–H and O–H groups in total. The highest BCUT2D eigenvalue weighted by Crippen LogP contribution is 2.25. The summed E-state index contributed by atoms with van der Waals surface area (Å²) in [5.74, 6) is 0. The van der Waals surface area contributed by atoms with Gasteiger partial charge in [-0.3, -0.25) is 0 Å². The van der Waals surface area contributed by atoms with E-state index in [2.05, 4.69) is 24.4 Å². The van der Waals surface area contributed by atoms with Crippen LogP contribution in [0.15, 0.2) is 18.2 Å². The van der Waals surface area contributed by atoms with Crippen molar-refractivity contribution in [1.82, 2.24) is 4.90 Å². The number of morpholine rings is 1. The summed E-state index contributed by atoms with van der Waals surface area (Å²) in [6, 6.07) is 6.27. The molecule has 0 saturated carbocycles. The van der Waals surface area contributed by atoms with Crippen molar-refractivity contribution in [3.63, 3.8) is 0 Å². The van der Waals surface area contributed by atoms with E-state index in [1.54, 1.807) is 0 Å². The molecule has 1 atom stereocenters. The average Bonchev–Trinajstić information content (AvgIpc) is 2.95. The van der Waals surface area contributed by atoms with Gasteiger partial charge in [-0.05, 0) is 48.9 Å². The minimum atomic E-state index is -0.00954. The topological polar surface area (TPSA) is 41.6 Å². The molecule has 0 aromatic heterocycles. The van der Waals surface area contributed by atoms with Gasteiger partial charge in [-0.15, -0.1) is 0 Å². The van der Waals surface area contributed by atoms with E-state index in [-0.39, 0.29) is 12.1 Å². The maximum absolute atomic E-state index is 12.3. The van der Waals surface area contributed by atoms with Gasteiger partial charge in [0.1, 0.15) is 0 Å². The van der Waals surface area contributed by atoms with E-state index in [4.69, 9.17) is 4.74 Å². The number of amides is 2. The maximum Gasteiger partial charge on any atom is 0.322 e. The molecule has 4 nitrogen and oxygen atoms in total. The normalized spacial score (nSPS) is 21.6. The first-order valence-electron chi connectivity index (χ1n) is 7.55. The zero-order chi connectivity index (χ0) is 13.9. The first-order valence-corrected chi connectivity index (χ1v) is 7.55. The van der Waals surface area contributed by atoms with E-state index in [0.29, 0.717) is 19.7 Å². The van der Waals surface area contributed by atoms with Crippen molar-refractivity contribution in [2.45, 2.75) is 38.7 Å². The van der Waals surface area contributed by atoms with Gasteiger partial charge in [-0.2, -0.15) is 0 Å². The number of urea groups is 1. The number of ether oxygens (including phenoxy) is 1. The van der Waals surface area contributed by atoms with Gasteiger partial charge in [0.2, 0.25) is 0 Å². The van der Waals surface area contributed by atoms with Crippen LogP contribution in [0.5, 0.6) is 0 Å². The lowest BCUT2D eigenvalue weighted by Gasteiger charge is -2.32. The Bertz CT molecular complexity index is 501. The molecule has 0 spiro atoms. The molecular formula is C16H22N2O2. The van der Waals surface area contributed by atoms with Crippen molar-refractivity contribution < 1.29 is 9.53 Å². The molecule has 0 radical (unpaired) electrons. The van der Waals surface area contributed by atoms with E-state index in [1.807, 2.05) is 11.0 Å². The number of carbonyl (C=O) groups excluding carboxylic acids is 1. The fraction of sp³-hybridized carbons (Fsp3) is 0.562. The molecule has 1 fully saturated rings. The van der Waals surface area contributed by atoms with Crippen LogP contribution in [-0.2, 0) is 17.6 Å². The van der Waals surface area contributed by atoms with Crippen LogP contribution in [0, 0.1) is 0 Å². The summed E-state index contributed by atoms with van der Waals surface area (Å²) in [6.07, 6.45) is 4.66. The third-order valence-corrected chi connectivity index (χ3v) is 4.23. The molecule has 4 heteroatoms. The number of carbonyl (C=O) groups is 1. The smallest absolute Gasteiger partial charge is 0.322 e. The SMILES string of the molecule is CCC1CN(C(=O)Nc2ccc3c(c2)CCC3)CCO1. The molecule has 1 saturated heterocycles. The van der Waals surface area contributed by atoms with Gasteiger partial charge >= 0.3 is 6.03 Å². The molecule has 3 rings (SSSR count). The summed E-state index contributed by atoms with van der Waals surface area (Å²) in [5, 5.41) is 3.02. The van der Waals surface area contributed by atoms with Crippen LogP contribution < -0.4 is 5.32 Å². The lowest BCUT2D eigenvalue weighted by molar-refractivity contribution is -0.0134. The predicted molar refractivity (Wildman–Crippen MR) is 79.1 cm³/mol. The van der Waals surface area contributed by atoms with E-state index < -0.39 is 0 Å². The number of rotatable bonds is 2. The molecule has 2 amide bonds. The highest BCUT2D eigenvalue weighted by Gasteiger charge is 2.23. The summed E-state index contributed by atoms with van der Waals surface area (Å²) in [7, 11) is 0. The van der Waals surface area contributed by atoms with Gasteiger partial charge in [0.15, 0.2) is 0 Å². The van der Waals surface area contributed by atoms with Crippen LogP contribution in [0.25, 0.3) is 0 Å². The van der Waals surface area contributed by atoms with Gasteiger partial charge in [-0.25, -0.2) is 4.79 Å². The van der Waals surface area contributed by atoms with E-state index in [9.17, 15) is 4.79 Å². The molecule has 108 valence electrons. The molecule has 1 heterocycles. The van der Waals surface area contributed by atoms with E-state index >= 15 is 0 Å². The zero-order valence-electron chi connectivity index (χ0n) is 12.0. The Morgan fingerprint density at radius 3 is 3.10 bits per heavy atom. The summed E-state index contributed by atoms with van der Waals surface area (Å²) in [5.41, 5.74) is 3.73. The number of anilines is 1. The van der Waals surface area contributed by atoms with Crippen LogP contribution >= 0.6 is 0 Å². The van der Waals surface area contributed by atoms with Gasteiger partial charge in [0, 0.05) is 18.8 Å². The maximum atomic E-state index is 12.3. The molecule has 0 bridgehead atoms. The van der Waals surface area contributed by atoms with Crippen LogP contribution in [0.3, 0.4) is 0 Å². The molecule has 1 aliphatic carbocycles. The summed E-state index contributed by atoms with van der Waals surface area (Å²) in [4.78, 5) is 14.1. The second-order valence-electron chi connectivity index (χ2n) is 5.61. The van der Waals surface area contributed by atoms with Crippen molar-refractivity contribution in [1.29, 1.82) is 0 Å². The van der Waals surface area contributed by atoms with Gasteiger partial charge < -0.3 is 15.0 Å². The molecule has 20 heavy (non-hydrogen) atoms. The van der Waals surface area contributed by atoms with Crippen LogP contribution in [0.4, 0.5) is 10.5 Å². The second-order valence-corrected chi connectivity index (χ2v) is 5.61. The fourth-order valence-corrected chi connectivity index (χ4v) is 3.00. The predicted octanol–water partition coefficient (Wildman–Crippen LogP) is 2.82. The van der Waals surface area contributed by atoms with Crippen molar-refractivity contribution in [3.05, 3.63) is 29.3 Å². The summed E-state index contributed by atoms with van der Waals surface area (Å²) < 4.78 is 5.60. The minimum absolute atomic E-state index is 0.00954. The lowest BCUT2D eigenvalue weighted by atomic mass is 10.1. The highest BCUT2D eigenvalue weighted by atomic mass is 16.5. The number of nitrogens with zero attached hydrogens (tertiary/aromatic N) is 1. The van der Waals surface area contributed by atoms with Crippen LogP contribution in [0.2, 0.25) is 0 Å². The molecule has 1 aliphatic heterocycles. The Morgan fingerprint density at radius 1 is 1.40 bits per heavy atom. The summed E-state index contributed by atoms with van der Waals surface area (Å²) in [6.45, 7) is 4.09. The number of fused-ring (bicyclic) bond motifs is 1. The van der Waals surface area contributed by atoms with Crippen molar-refractivity contribution in [3.8, 4) is 0 Å². The van der Waals surface area contributed by atoms with Crippen molar-refractivity contribution >= 4 is 11.7 Å². The fourth-order valence-electron chi connectivity index (χ4n) is 3.00. The lowest BCUT2D eigenvalue weighted by Crippen LogP contribution is -2.47. The third-order valence-electron chi connectivity index (χ3n) is 4.23. The standard InChI is InChI=1S/C16H22N2O2/c1-2-15-11-18(8-9-20-15)16(19)17-14-7-6-12-4-3-5-13(12)10-14/h6-7,10,15H,2-5,8-9,11H2,1H3,(H,17,19). The number of hydrogen-bond donors (Lipinski definition) is 1. The second kappa shape index (κ2) is 5.83. The Kier molecular flexibility index (Phi) is 3.92. The van der Waals surface area contributed by atoms with Crippen molar-refractivity contribution in [2.75, 3.05) is 25.0 Å². The third kappa shape index (κ3) is 2.80. The Morgan fingerprint density at radius 2 is 2.25 bits per heavy atom. The first kappa shape index (κ1) is 13.4. The number of aryl methyl sites for hydroxylation is 2. The molecule has 2 aliphatic rings. The molecule has 1 aromatic rings. The zero-order valence-corrected chi connectivity index (χ0v) is 12.0. The van der Waals surface area contributed by atoms with Gasteiger partial charge in [0.05, 0.1) is 12.7 Å². The van der Waals surface area contributed by atoms with Gasteiger partial charge in [0.25, 0.3) is 0 Å². The number of nitrogens with one attached hydrogen (secondary N) is 1. The molecule has 1 aromatic carbocycles. The largest absolute Gasteiger partial charge is 0.375 e. The Hall–Kier alpha value is -1.55. The monoisotopic (exact) mass is 274 g/mol. The number of benzene rings is 1. The van der Waals surface area contributed by atoms with Crippen molar-refractivity contribution in [2.24, 2.45) is 0 Å². The molecular weight excluding hydrogens is 252 g/mol. The Balaban J connectivity index is 1.63. The van der Waals surface area contributed by atoms with Crippen LogP contribution in [0.1, 0.15) is 30.9 Å². The average molecular weight is 274 g/mol. The minimum Gasteiger partial charge on any atom is -0.375 e. The van der Waals surface area contributed by atoms with E-state index in [0.717, 1.165) is 18.5 Å². The number of hydrogen-bond acceptors (Lipinski definition) is 2. The highest BCUT2D eigenvalue weighted by molar-refractivity contribution is 5.89. The quantitative estimate of drug-likeness (QED) is 0.901. The van der Waals surface area contributed by atoms with Crippen LogP contribution in [-0.4, -0.2) is 36.7 Å². The summed E-state index contributed by atoms with van der Waals surface area (Å²) >= 11 is 0. The first-order chi connectivity index (χ1) is 9.76. The Labute approximate surface area is 120 Å². The van der Waals surface area contributed by atoms with E-state index in [1.165, 1.54) is 24.0 Å².